The molecule has 1 fully saturated rings. The Bertz CT molecular complexity index is 866. The summed E-state index contributed by atoms with van der Waals surface area (Å²) in [5, 5.41) is 7.23. The summed E-state index contributed by atoms with van der Waals surface area (Å²) in [4.78, 5) is 27.3. The van der Waals surface area contributed by atoms with Crippen LogP contribution in [0.25, 0.3) is 5.69 Å². The van der Waals surface area contributed by atoms with Crippen molar-refractivity contribution in [1.82, 2.24) is 30.0 Å². The average molecular weight is 349 g/mol. The number of piperidine rings is 1. The van der Waals surface area contributed by atoms with Crippen molar-refractivity contribution in [2.24, 2.45) is 0 Å². The van der Waals surface area contributed by atoms with Crippen LogP contribution >= 0.6 is 0 Å². The van der Waals surface area contributed by atoms with Crippen LogP contribution in [0, 0.1) is 0 Å². The van der Waals surface area contributed by atoms with Crippen LogP contribution in [0.2, 0.25) is 0 Å². The molecule has 3 aromatic rings. The van der Waals surface area contributed by atoms with Crippen LogP contribution in [0.4, 0.5) is 5.95 Å². The number of nitrogens with one attached hydrogen (secondary N) is 1. The summed E-state index contributed by atoms with van der Waals surface area (Å²) in [5.41, 5.74) is 1.41. The van der Waals surface area contributed by atoms with Crippen molar-refractivity contribution in [2.75, 3.05) is 18.0 Å². The maximum absolute atomic E-state index is 12.7. The first-order chi connectivity index (χ1) is 12.8. The summed E-state index contributed by atoms with van der Waals surface area (Å²) < 4.78 is 1.63. The number of carbonyl (C=O) groups is 1. The first-order valence-corrected chi connectivity index (χ1v) is 8.57. The Kier molecular flexibility index (Phi) is 4.55. The number of hydrogen-bond donors (Lipinski definition) is 1. The van der Waals surface area contributed by atoms with Crippen molar-refractivity contribution in [3.63, 3.8) is 0 Å². The van der Waals surface area contributed by atoms with E-state index in [0.717, 1.165) is 25.1 Å². The van der Waals surface area contributed by atoms with Gasteiger partial charge in [-0.25, -0.2) is 19.6 Å². The third-order valence-corrected chi connectivity index (χ3v) is 4.38. The van der Waals surface area contributed by atoms with Gasteiger partial charge in [0.05, 0.1) is 5.69 Å². The van der Waals surface area contributed by atoms with Crippen molar-refractivity contribution in [3.05, 3.63) is 60.9 Å². The largest absolute Gasteiger partial charge is 0.348 e. The normalized spacial score (nSPS) is 17.1. The third-order valence-electron chi connectivity index (χ3n) is 4.38. The van der Waals surface area contributed by atoms with E-state index in [2.05, 4.69) is 30.3 Å². The number of benzene rings is 1. The van der Waals surface area contributed by atoms with Gasteiger partial charge in [0.1, 0.15) is 12.7 Å². The SMILES string of the molecule is O=C(N[C@H]1CCCN(c2ncccn2)C1)c1cccc(-n2cncn2)c1. The van der Waals surface area contributed by atoms with Crippen LogP contribution in [0.5, 0.6) is 0 Å². The first kappa shape index (κ1) is 16.2. The van der Waals surface area contributed by atoms with E-state index < -0.39 is 0 Å². The molecule has 2 aromatic heterocycles. The molecule has 1 aromatic carbocycles. The van der Waals surface area contributed by atoms with Gasteiger partial charge >= 0.3 is 0 Å². The molecular weight excluding hydrogens is 330 g/mol. The quantitative estimate of drug-likeness (QED) is 0.767. The summed E-state index contributed by atoms with van der Waals surface area (Å²) in [6.07, 6.45) is 8.48. The van der Waals surface area contributed by atoms with Gasteiger partial charge in [-0.2, -0.15) is 5.10 Å². The Labute approximate surface area is 150 Å². The van der Waals surface area contributed by atoms with E-state index >= 15 is 0 Å². The number of amides is 1. The van der Waals surface area contributed by atoms with Crippen molar-refractivity contribution < 1.29 is 4.79 Å². The number of nitrogens with zero attached hydrogens (tertiary/aromatic N) is 6. The minimum atomic E-state index is -0.0900. The third kappa shape index (κ3) is 3.53. The summed E-state index contributed by atoms with van der Waals surface area (Å²) in [5.74, 6) is 0.618. The van der Waals surface area contributed by atoms with E-state index in [1.807, 2.05) is 18.2 Å². The molecule has 3 heterocycles. The van der Waals surface area contributed by atoms with Gasteiger partial charge in [0.2, 0.25) is 5.95 Å². The number of rotatable bonds is 4. The lowest BCUT2D eigenvalue weighted by Gasteiger charge is -2.33. The van der Waals surface area contributed by atoms with Gasteiger partial charge < -0.3 is 10.2 Å². The van der Waals surface area contributed by atoms with E-state index in [1.54, 1.807) is 35.5 Å². The maximum atomic E-state index is 12.7. The summed E-state index contributed by atoms with van der Waals surface area (Å²) in [6.45, 7) is 1.61. The molecule has 1 aliphatic rings. The first-order valence-electron chi connectivity index (χ1n) is 8.57. The molecule has 1 saturated heterocycles. The predicted molar refractivity (Wildman–Crippen MR) is 96.1 cm³/mol. The summed E-state index contributed by atoms with van der Waals surface area (Å²) in [6, 6.07) is 9.21. The zero-order valence-corrected chi connectivity index (χ0v) is 14.2. The zero-order chi connectivity index (χ0) is 17.8. The van der Waals surface area contributed by atoms with Gasteiger partial charge in [0, 0.05) is 37.1 Å². The molecule has 132 valence electrons. The fourth-order valence-electron chi connectivity index (χ4n) is 3.13. The van der Waals surface area contributed by atoms with Gasteiger partial charge in [-0.05, 0) is 37.1 Å². The van der Waals surface area contributed by atoms with Gasteiger partial charge in [0.15, 0.2) is 0 Å². The van der Waals surface area contributed by atoms with E-state index in [-0.39, 0.29) is 11.9 Å². The Morgan fingerprint density at radius 3 is 2.88 bits per heavy atom. The highest BCUT2D eigenvalue weighted by molar-refractivity contribution is 5.95. The molecule has 0 aliphatic carbocycles. The van der Waals surface area contributed by atoms with Gasteiger partial charge in [-0.3, -0.25) is 4.79 Å². The van der Waals surface area contributed by atoms with E-state index in [4.69, 9.17) is 0 Å². The topological polar surface area (TPSA) is 88.8 Å². The smallest absolute Gasteiger partial charge is 0.251 e. The molecule has 4 rings (SSSR count). The Morgan fingerprint density at radius 1 is 1.19 bits per heavy atom. The maximum Gasteiger partial charge on any atom is 0.251 e. The second-order valence-electron chi connectivity index (χ2n) is 6.20. The summed E-state index contributed by atoms with van der Waals surface area (Å²) >= 11 is 0. The number of aromatic nitrogens is 5. The standard InChI is InChI=1S/C18H19N7O/c26-17(14-4-1-6-16(10-14)25-13-19-12-22-25)23-15-5-2-9-24(11-15)18-20-7-3-8-21-18/h1,3-4,6-8,10,12-13,15H,2,5,9,11H2,(H,23,26)/t15-/m0/s1. The molecule has 1 amide bonds. The van der Waals surface area contributed by atoms with Gasteiger partial charge in [0.25, 0.3) is 5.91 Å². The number of anilines is 1. The number of hydrogen-bond acceptors (Lipinski definition) is 6. The fraction of sp³-hybridized carbons (Fsp3) is 0.278. The Balaban J connectivity index is 1.44. The molecule has 1 atom stereocenters. The molecule has 0 spiro atoms. The highest BCUT2D eigenvalue weighted by Crippen LogP contribution is 2.16. The summed E-state index contributed by atoms with van der Waals surface area (Å²) in [7, 11) is 0. The van der Waals surface area contributed by atoms with Crippen LogP contribution < -0.4 is 10.2 Å². The van der Waals surface area contributed by atoms with Crippen LogP contribution in [-0.2, 0) is 0 Å². The molecule has 8 heteroatoms. The van der Waals surface area contributed by atoms with Gasteiger partial charge in [-0.15, -0.1) is 0 Å². The molecule has 0 unspecified atom stereocenters. The average Bonchev–Trinajstić information content (AvgIpc) is 3.24. The van der Waals surface area contributed by atoms with Crippen LogP contribution in [-0.4, -0.2) is 49.8 Å². The van der Waals surface area contributed by atoms with E-state index in [0.29, 0.717) is 18.1 Å². The highest BCUT2D eigenvalue weighted by atomic mass is 16.1. The van der Waals surface area contributed by atoms with Crippen molar-refractivity contribution >= 4 is 11.9 Å². The molecule has 0 saturated carbocycles. The van der Waals surface area contributed by atoms with Gasteiger partial charge in [-0.1, -0.05) is 6.07 Å². The minimum Gasteiger partial charge on any atom is -0.348 e. The lowest BCUT2D eigenvalue weighted by atomic mass is 10.1. The fourth-order valence-corrected chi connectivity index (χ4v) is 3.13. The zero-order valence-electron chi connectivity index (χ0n) is 14.2. The van der Waals surface area contributed by atoms with Crippen molar-refractivity contribution in [3.8, 4) is 5.69 Å². The molecule has 1 N–H and O–H groups in total. The van der Waals surface area contributed by atoms with Crippen molar-refractivity contribution in [1.29, 1.82) is 0 Å². The molecule has 8 nitrogen and oxygen atoms in total. The second kappa shape index (κ2) is 7.30. The monoisotopic (exact) mass is 349 g/mol. The molecule has 26 heavy (non-hydrogen) atoms. The Hall–Kier alpha value is -3.29. The Morgan fingerprint density at radius 2 is 2.08 bits per heavy atom. The highest BCUT2D eigenvalue weighted by Gasteiger charge is 2.23. The van der Waals surface area contributed by atoms with Crippen LogP contribution in [0.1, 0.15) is 23.2 Å². The predicted octanol–water partition coefficient (Wildman–Crippen LogP) is 1.46. The molecule has 0 bridgehead atoms. The molecule has 0 radical (unpaired) electrons. The molecule has 1 aliphatic heterocycles. The van der Waals surface area contributed by atoms with E-state index in [1.165, 1.54) is 6.33 Å². The van der Waals surface area contributed by atoms with Crippen LogP contribution in [0.15, 0.2) is 55.4 Å². The van der Waals surface area contributed by atoms with Crippen molar-refractivity contribution in [2.45, 2.75) is 18.9 Å². The lowest BCUT2D eigenvalue weighted by Crippen LogP contribution is -2.48. The van der Waals surface area contributed by atoms with E-state index in [9.17, 15) is 4.79 Å². The van der Waals surface area contributed by atoms with Crippen LogP contribution in [0.3, 0.4) is 0 Å². The lowest BCUT2D eigenvalue weighted by molar-refractivity contribution is 0.0933. The second-order valence-corrected chi connectivity index (χ2v) is 6.20. The number of carbonyl (C=O) groups excluding carboxylic acids is 1. The minimum absolute atomic E-state index is 0.0649. The molecular formula is C18H19N7O.